The van der Waals surface area contributed by atoms with Gasteiger partial charge < -0.3 is 5.11 Å². The lowest BCUT2D eigenvalue weighted by Crippen LogP contribution is -1.92. The summed E-state index contributed by atoms with van der Waals surface area (Å²) in [4.78, 5) is 1.37. The van der Waals surface area contributed by atoms with E-state index < -0.39 is 0 Å². The SMILES string of the molecule is CCCCCc1ccsc1CCO. The van der Waals surface area contributed by atoms with Crippen LogP contribution in [0.15, 0.2) is 11.4 Å². The van der Waals surface area contributed by atoms with Gasteiger partial charge in [0.25, 0.3) is 0 Å². The lowest BCUT2D eigenvalue weighted by Gasteiger charge is -2.01. The molecule has 74 valence electrons. The Balaban J connectivity index is 2.40. The molecule has 1 heterocycles. The molecule has 0 aliphatic carbocycles. The fraction of sp³-hybridized carbons (Fsp3) is 0.636. The van der Waals surface area contributed by atoms with Gasteiger partial charge in [-0.15, -0.1) is 11.3 Å². The maximum absolute atomic E-state index is 8.84. The molecule has 2 heteroatoms. The van der Waals surface area contributed by atoms with Crippen molar-refractivity contribution >= 4 is 11.3 Å². The van der Waals surface area contributed by atoms with Gasteiger partial charge in [-0.25, -0.2) is 0 Å². The Bertz CT molecular complexity index is 230. The Kier molecular flexibility index (Phi) is 5.09. The molecule has 1 N–H and O–H groups in total. The highest BCUT2D eigenvalue weighted by Gasteiger charge is 2.02. The lowest BCUT2D eigenvalue weighted by molar-refractivity contribution is 0.300. The molecule has 0 aliphatic rings. The maximum atomic E-state index is 8.84. The molecule has 0 spiro atoms. The van der Waals surface area contributed by atoms with Gasteiger partial charge in [0.15, 0.2) is 0 Å². The van der Waals surface area contributed by atoms with Crippen LogP contribution in [0.5, 0.6) is 0 Å². The van der Waals surface area contributed by atoms with Gasteiger partial charge in [0.2, 0.25) is 0 Å². The molecule has 1 nitrogen and oxygen atoms in total. The molecule has 0 saturated heterocycles. The average molecular weight is 198 g/mol. The predicted molar refractivity (Wildman–Crippen MR) is 58.3 cm³/mol. The van der Waals surface area contributed by atoms with Crippen LogP contribution in [0.4, 0.5) is 0 Å². The normalized spacial score (nSPS) is 10.6. The molecule has 0 aliphatic heterocycles. The molecular weight excluding hydrogens is 180 g/mol. The summed E-state index contributed by atoms with van der Waals surface area (Å²) in [7, 11) is 0. The van der Waals surface area contributed by atoms with Crippen LogP contribution >= 0.6 is 11.3 Å². The van der Waals surface area contributed by atoms with Gasteiger partial charge in [0.05, 0.1) is 0 Å². The van der Waals surface area contributed by atoms with Crippen molar-refractivity contribution in [3.63, 3.8) is 0 Å². The van der Waals surface area contributed by atoms with E-state index in [1.807, 2.05) is 0 Å². The molecule has 0 amide bonds. The zero-order valence-electron chi connectivity index (χ0n) is 8.25. The van der Waals surface area contributed by atoms with E-state index >= 15 is 0 Å². The van der Waals surface area contributed by atoms with Crippen LogP contribution in [0.25, 0.3) is 0 Å². The summed E-state index contributed by atoms with van der Waals surface area (Å²) < 4.78 is 0. The zero-order chi connectivity index (χ0) is 9.52. The zero-order valence-corrected chi connectivity index (χ0v) is 9.07. The quantitative estimate of drug-likeness (QED) is 0.697. The molecule has 13 heavy (non-hydrogen) atoms. The first-order valence-corrected chi connectivity index (χ1v) is 5.92. The average Bonchev–Trinajstić information content (AvgIpc) is 2.54. The molecule has 0 unspecified atom stereocenters. The predicted octanol–water partition coefficient (Wildman–Crippen LogP) is 3.02. The van der Waals surface area contributed by atoms with Crippen LogP contribution in [0, 0.1) is 0 Å². The molecule has 0 fully saturated rings. The highest BCUT2D eigenvalue weighted by molar-refractivity contribution is 7.10. The van der Waals surface area contributed by atoms with Crippen LogP contribution in [-0.4, -0.2) is 11.7 Å². The van der Waals surface area contributed by atoms with Gasteiger partial charge in [-0.05, 0) is 29.9 Å². The molecular formula is C11H18OS. The third kappa shape index (κ3) is 3.49. The van der Waals surface area contributed by atoms with Crippen LogP contribution in [0.3, 0.4) is 0 Å². The third-order valence-electron chi connectivity index (χ3n) is 2.23. The van der Waals surface area contributed by atoms with E-state index in [1.54, 1.807) is 11.3 Å². The van der Waals surface area contributed by atoms with Crippen LogP contribution < -0.4 is 0 Å². The first kappa shape index (κ1) is 10.7. The number of hydrogen-bond acceptors (Lipinski definition) is 2. The van der Waals surface area contributed by atoms with Crippen molar-refractivity contribution in [3.8, 4) is 0 Å². The highest BCUT2D eigenvalue weighted by atomic mass is 32.1. The van der Waals surface area contributed by atoms with E-state index in [0.29, 0.717) is 0 Å². The largest absolute Gasteiger partial charge is 0.396 e. The Hall–Kier alpha value is -0.340. The van der Waals surface area contributed by atoms with Crippen molar-refractivity contribution in [2.24, 2.45) is 0 Å². The topological polar surface area (TPSA) is 20.2 Å². The minimum atomic E-state index is 0.279. The van der Waals surface area contributed by atoms with Gasteiger partial charge in [0, 0.05) is 17.9 Å². The highest BCUT2D eigenvalue weighted by Crippen LogP contribution is 2.19. The van der Waals surface area contributed by atoms with Crippen molar-refractivity contribution in [2.75, 3.05) is 6.61 Å². The first-order valence-electron chi connectivity index (χ1n) is 5.04. The summed E-state index contributed by atoms with van der Waals surface area (Å²) in [5.41, 5.74) is 1.45. The number of aliphatic hydroxyl groups excluding tert-OH is 1. The summed E-state index contributed by atoms with van der Waals surface area (Å²) in [5, 5.41) is 11.0. The number of thiophene rings is 1. The van der Waals surface area contributed by atoms with E-state index in [4.69, 9.17) is 5.11 Å². The molecule has 1 aromatic rings. The number of rotatable bonds is 6. The summed E-state index contributed by atoms with van der Waals surface area (Å²) in [6, 6.07) is 2.20. The van der Waals surface area contributed by atoms with Gasteiger partial charge in [-0.1, -0.05) is 19.8 Å². The van der Waals surface area contributed by atoms with Crippen molar-refractivity contribution in [1.82, 2.24) is 0 Å². The van der Waals surface area contributed by atoms with Gasteiger partial charge in [-0.3, -0.25) is 0 Å². The van der Waals surface area contributed by atoms with E-state index in [-0.39, 0.29) is 6.61 Å². The Morgan fingerprint density at radius 1 is 1.31 bits per heavy atom. The van der Waals surface area contributed by atoms with Crippen LogP contribution in [-0.2, 0) is 12.8 Å². The van der Waals surface area contributed by atoms with E-state index in [0.717, 1.165) is 6.42 Å². The van der Waals surface area contributed by atoms with E-state index in [2.05, 4.69) is 18.4 Å². The van der Waals surface area contributed by atoms with E-state index in [1.165, 1.54) is 36.1 Å². The monoisotopic (exact) mass is 198 g/mol. The van der Waals surface area contributed by atoms with Gasteiger partial charge in [0.1, 0.15) is 0 Å². The smallest absolute Gasteiger partial charge is 0.0479 e. The fourth-order valence-electron chi connectivity index (χ4n) is 1.48. The summed E-state index contributed by atoms with van der Waals surface area (Å²) in [5.74, 6) is 0. The first-order chi connectivity index (χ1) is 6.38. The number of hydrogen-bond donors (Lipinski definition) is 1. The van der Waals surface area contributed by atoms with Crippen LogP contribution in [0.1, 0.15) is 36.6 Å². The Labute approximate surface area is 84.4 Å². The van der Waals surface area contributed by atoms with Crippen molar-refractivity contribution in [3.05, 3.63) is 21.9 Å². The second kappa shape index (κ2) is 6.17. The molecule has 0 saturated carbocycles. The molecule has 0 aromatic carbocycles. The van der Waals surface area contributed by atoms with Crippen molar-refractivity contribution in [2.45, 2.75) is 39.0 Å². The molecule has 0 bridgehead atoms. The molecule has 1 rings (SSSR count). The minimum Gasteiger partial charge on any atom is -0.396 e. The number of aliphatic hydroxyl groups is 1. The number of unbranched alkanes of at least 4 members (excludes halogenated alkanes) is 2. The molecule has 0 radical (unpaired) electrons. The summed E-state index contributed by atoms with van der Waals surface area (Å²) in [6.45, 7) is 2.50. The number of aryl methyl sites for hydroxylation is 1. The minimum absolute atomic E-state index is 0.279. The third-order valence-corrected chi connectivity index (χ3v) is 3.25. The Morgan fingerprint density at radius 2 is 2.15 bits per heavy atom. The van der Waals surface area contributed by atoms with Gasteiger partial charge >= 0.3 is 0 Å². The summed E-state index contributed by atoms with van der Waals surface area (Å²) in [6.07, 6.45) is 5.89. The van der Waals surface area contributed by atoms with Gasteiger partial charge in [-0.2, -0.15) is 0 Å². The van der Waals surface area contributed by atoms with E-state index in [9.17, 15) is 0 Å². The fourth-order valence-corrected chi connectivity index (χ4v) is 2.40. The summed E-state index contributed by atoms with van der Waals surface area (Å²) >= 11 is 1.77. The second-order valence-corrected chi connectivity index (χ2v) is 4.30. The van der Waals surface area contributed by atoms with Crippen molar-refractivity contribution in [1.29, 1.82) is 0 Å². The van der Waals surface area contributed by atoms with Crippen LogP contribution in [0.2, 0.25) is 0 Å². The standard InChI is InChI=1S/C11H18OS/c1-2-3-4-5-10-7-9-13-11(10)6-8-12/h7,9,12H,2-6,8H2,1H3. The van der Waals surface area contributed by atoms with Crippen molar-refractivity contribution < 1.29 is 5.11 Å². The second-order valence-electron chi connectivity index (χ2n) is 3.30. The Morgan fingerprint density at radius 3 is 2.85 bits per heavy atom. The molecule has 1 aromatic heterocycles. The maximum Gasteiger partial charge on any atom is 0.0479 e. The molecule has 0 atom stereocenters. The lowest BCUT2D eigenvalue weighted by atomic mass is 10.1.